The maximum atomic E-state index is 13.1. The molecule has 9 heteroatoms. The first kappa shape index (κ1) is 19.4. The molecule has 1 amide bonds. The van der Waals surface area contributed by atoms with Crippen molar-refractivity contribution >= 4 is 27.7 Å². The Balaban J connectivity index is 1.75. The Bertz CT molecular complexity index is 856. The van der Waals surface area contributed by atoms with E-state index in [1.807, 2.05) is 0 Å². The Morgan fingerprint density at radius 2 is 1.76 bits per heavy atom. The van der Waals surface area contributed by atoms with Crippen LogP contribution in [-0.2, 0) is 21.2 Å². The van der Waals surface area contributed by atoms with Crippen molar-refractivity contribution < 1.29 is 22.0 Å². The third-order valence-corrected chi connectivity index (χ3v) is 5.17. The molecule has 2 aromatic rings. The fourth-order valence-corrected chi connectivity index (χ4v) is 3.22. The fraction of sp³-hybridized carbons (Fsp3) is 0.188. The van der Waals surface area contributed by atoms with Crippen molar-refractivity contribution in [1.82, 2.24) is 5.32 Å². The first-order valence-corrected chi connectivity index (χ1v) is 9.75. The van der Waals surface area contributed by atoms with Crippen LogP contribution < -0.4 is 10.5 Å². The minimum Gasteiger partial charge on any atom is -0.355 e. The molecule has 0 spiro atoms. The average molecular weight is 386 g/mol. The number of primary sulfonamides is 1. The highest BCUT2D eigenvalue weighted by molar-refractivity contribution is 8.00. The number of nitrogens with two attached hydrogens (primary N) is 1. The molecule has 0 heterocycles. The van der Waals surface area contributed by atoms with Gasteiger partial charge in [-0.1, -0.05) is 12.1 Å². The van der Waals surface area contributed by atoms with Crippen LogP contribution in [0, 0.1) is 11.6 Å². The highest BCUT2D eigenvalue weighted by Crippen LogP contribution is 2.20. The number of amides is 1. The van der Waals surface area contributed by atoms with E-state index in [1.165, 1.54) is 18.2 Å². The molecule has 2 rings (SSSR count). The van der Waals surface area contributed by atoms with Crippen molar-refractivity contribution in [2.75, 3.05) is 12.3 Å². The Morgan fingerprint density at radius 3 is 2.36 bits per heavy atom. The molecule has 5 nitrogen and oxygen atoms in total. The molecule has 0 saturated heterocycles. The van der Waals surface area contributed by atoms with E-state index in [4.69, 9.17) is 5.14 Å². The summed E-state index contributed by atoms with van der Waals surface area (Å²) in [5.41, 5.74) is 0.848. The minimum atomic E-state index is -3.72. The van der Waals surface area contributed by atoms with E-state index in [2.05, 4.69) is 5.32 Å². The Labute approximate surface area is 148 Å². The number of nitrogens with one attached hydrogen (secondary N) is 1. The second kappa shape index (κ2) is 8.41. The van der Waals surface area contributed by atoms with Crippen molar-refractivity contribution in [3.8, 4) is 0 Å². The van der Waals surface area contributed by atoms with Crippen LogP contribution in [0.1, 0.15) is 5.56 Å². The quantitative estimate of drug-likeness (QED) is 0.713. The number of sulfonamides is 1. The molecule has 0 aromatic heterocycles. The van der Waals surface area contributed by atoms with Gasteiger partial charge in [-0.2, -0.15) is 0 Å². The summed E-state index contributed by atoms with van der Waals surface area (Å²) in [7, 11) is -3.72. The fourth-order valence-electron chi connectivity index (χ4n) is 1.96. The van der Waals surface area contributed by atoms with E-state index in [9.17, 15) is 22.0 Å². The zero-order valence-electron chi connectivity index (χ0n) is 13.0. The third-order valence-electron chi connectivity index (χ3n) is 3.25. The van der Waals surface area contributed by atoms with E-state index >= 15 is 0 Å². The number of carbonyl (C=O) groups is 1. The number of hydrogen-bond acceptors (Lipinski definition) is 4. The number of thioether (sulfide) groups is 1. The summed E-state index contributed by atoms with van der Waals surface area (Å²) in [4.78, 5) is 12.2. The summed E-state index contributed by atoms with van der Waals surface area (Å²) in [5, 5.41) is 7.72. The van der Waals surface area contributed by atoms with Crippen molar-refractivity contribution in [2.24, 2.45) is 5.14 Å². The van der Waals surface area contributed by atoms with Gasteiger partial charge < -0.3 is 5.32 Å². The second-order valence-corrected chi connectivity index (χ2v) is 7.76. The highest BCUT2D eigenvalue weighted by atomic mass is 32.2. The van der Waals surface area contributed by atoms with Crippen LogP contribution in [0.2, 0.25) is 0 Å². The first-order valence-electron chi connectivity index (χ1n) is 7.22. The lowest BCUT2D eigenvalue weighted by molar-refractivity contribution is -0.118. The van der Waals surface area contributed by atoms with Gasteiger partial charge in [-0.05, 0) is 42.3 Å². The molecule has 0 aliphatic heterocycles. The predicted molar refractivity (Wildman–Crippen MR) is 91.6 cm³/mol. The van der Waals surface area contributed by atoms with Crippen LogP contribution in [0.4, 0.5) is 8.78 Å². The summed E-state index contributed by atoms with van der Waals surface area (Å²) >= 11 is 1.10. The standard InChI is InChI=1S/C16H16F2N2O3S2/c17-14-6-3-12(9-15(14)18)24-10-16(21)20-8-7-11-1-4-13(5-2-11)25(19,22)23/h1-6,9H,7-8,10H2,(H,20,21)(H2,19,22,23). The van der Waals surface area contributed by atoms with Gasteiger partial charge >= 0.3 is 0 Å². The molecular formula is C16H16F2N2O3S2. The van der Waals surface area contributed by atoms with Crippen LogP contribution in [0.3, 0.4) is 0 Å². The Morgan fingerprint density at radius 1 is 1.08 bits per heavy atom. The SMILES string of the molecule is NS(=O)(=O)c1ccc(CCNC(=O)CSc2ccc(F)c(F)c2)cc1. The molecule has 0 bridgehead atoms. The minimum absolute atomic E-state index is 0.0308. The maximum absolute atomic E-state index is 13.1. The van der Waals surface area contributed by atoms with Crippen molar-refractivity contribution in [1.29, 1.82) is 0 Å². The highest BCUT2D eigenvalue weighted by Gasteiger charge is 2.08. The van der Waals surface area contributed by atoms with Gasteiger partial charge in [-0.25, -0.2) is 22.3 Å². The molecule has 0 aliphatic rings. The molecular weight excluding hydrogens is 370 g/mol. The van der Waals surface area contributed by atoms with Crippen LogP contribution in [-0.4, -0.2) is 26.6 Å². The van der Waals surface area contributed by atoms with Gasteiger partial charge in [0.05, 0.1) is 10.6 Å². The molecule has 0 atom stereocenters. The lowest BCUT2D eigenvalue weighted by atomic mass is 10.1. The van der Waals surface area contributed by atoms with E-state index in [-0.39, 0.29) is 16.6 Å². The number of benzene rings is 2. The molecule has 3 N–H and O–H groups in total. The summed E-state index contributed by atoms with van der Waals surface area (Å²) in [6.07, 6.45) is 0.520. The number of hydrogen-bond donors (Lipinski definition) is 2. The van der Waals surface area contributed by atoms with Crippen LogP contribution in [0.25, 0.3) is 0 Å². The zero-order chi connectivity index (χ0) is 18.4. The molecule has 0 fully saturated rings. The van der Waals surface area contributed by atoms with Crippen molar-refractivity contribution in [2.45, 2.75) is 16.2 Å². The third kappa shape index (κ3) is 6.11. The molecule has 134 valence electrons. The topological polar surface area (TPSA) is 89.3 Å². The van der Waals surface area contributed by atoms with E-state index in [0.717, 1.165) is 29.5 Å². The summed E-state index contributed by atoms with van der Waals surface area (Å²) in [6, 6.07) is 9.53. The normalized spacial score (nSPS) is 11.3. The van der Waals surface area contributed by atoms with Gasteiger partial charge in [0.15, 0.2) is 11.6 Å². The van der Waals surface area contributed by atoms with Crippen molar-refractivity contribution in [3.05, 3.63) is 59.7 Å². The predicted octanol–water partition coefficient (Wildman–Crippen LogP) is 2.06. The average Bonchev–Trinajstić information content (AvgIpc) is 2.55. The Hall–Kier alpha value is -1.97. The van der Waals surface area contributed by atoms with E-state index in [1.54, 1.807) is 12.1 Å². The van der Waals surface area contributed by atoms with Gasteiger partial charge in [-0.15, -0.1) is 11.8 Å². The van der Waals surface area contributed by atoms with Crippen LogP contribution >= 0.6 is 11.8 Å². The van der Waals surface area contributed by atoms with Crippen LogP contribution in [0.15, 0.2) is 52.3 Å². The zero-order valence-corrected chi connectivity index (χ0v) is 14.7. The molecule has 0 aliphatic carbocycles. The first-order chi connectivity index (χ1) is 11.8. The Kier molecular flexibility index (Phi) is 6.51. The largest absolute Gasteiger partial charge is 0.355 e. The summed E-state index contributed by atoms with van der Waals surface area (Å²) in [6.45, 7) is 0.367. The monoisotopic (exact) mass is 386 g/mol. The molecule has 2 aromatic carbocycles. The summed E-state index contributed by atoms with van der Waals surface area (Å²) in [5.74, 6) is -2.04. The van der Waals surface area contributed by atoms with Crippen LogP contribution in [0.5, 0.6) is 0 Å². The van der Waals surface area contributed by atoms with E-state index < -0.39 is 21.7 Å². The molecule has 0 radical (unpaired) electrons. The van der Waals surface area contributed by atoms with Gasteiger partial charge in [0.25, 0.3) is 0 Å². The number of carbonyl (C=O) groups excluding carboxylic acids is 1. The van der Waals surface area contributed by atoms with Crippen molar-refractivity contribution in [3.63, 3.8) is 0 Å². The van der Waals surface area contributed by atoms with Gasteiger partial charge in [-0.3, -0.25) is 4.79 Å². The maximum Gasteiger partial charge on any atom is 0.238 e. The lowest BCUT2D eigenvalue weighted by Gasteiger charge is -2.06. The molecule has 0 unspecified atom stereocenters. The molecule has 0 saturated carbocycles. The van der Waals surface area contributed by atoms with Gasteiger partial charge in [0.2, 0.25) is 15.9 Å². The lowest BCUT2D eigenvalue weighted by Crippen LogP contribution is -2.27. The van der Waals surface area contributed by atoms with Gasteiger partial charge in [0, 0.05) is 11.4 Å². The molecule has 25 heavy (non-hydrogen) atoms. The van der Waals surface area contributed by atoms with E-state index in [0.29, 0.717) is 17.9 Å². The number of rotatable bonds is 7. The number of halogens is 2. The smallest absolute Gasteiger partial charge is 0.238 e. The second-order valence-electron chi connectivity index (χ2n) is 5.15. The summed E-state index contributed by atoms with van der Waals surface area (Å²) < 4.78 is 48.2. The van der Waals surface area contributed by atoms with Gasteiger partial charge in [0.1, 0.15) is 0 Å².